The Kier molecular flexibility index (Phi) is 4.28. The summed E-state index contributed by atoms with van der Waals surface area (Å²) in [5.41, 5.74) is 2.29. The molecule has 20 heavy (non-hydrogen) atoms. The maximum absolute atomic E-state index is 9.77. The number of thioether (sulfide) groups is 1. The zero-order chi connectivity index (χ0) is 13.8. The van der Waals surface area contributed by atoms with Crippen LogP contribution >= 0.6 is 11.8 Å². The highest BCUT2D eigenvalue weighted by Crippen LogP contribution is 2.33. The molecule has 1 aliphatic rings. The Balaban J connectivity index is 1.50. The third kappa shape index (κ3) is 3.17. The molecule has 2 nitrogen and oxygen atoms in total. The van der Waals surface area contributed by atoms with E-state index in [-0.39, 0.29) is 6.10 Å². The van der Waals surface area contributed by atoms with Gasteiger partial charge in [0.05, 0.1) is 12.7 Å². The van der Waals surface area contributed by atoms with Gasteiger partial charge in [0.2, 0.25) is 0 Å². The van der Waals surface area contributed by atoms with Crippen molar-refractivity contribution in [2.45, 2.75) is 23.8 Å². The van der Waals surface area contributed by atoms with Gasteiger partial charge >= 0.3 is 0 Å². The Morgan fingerprint density at radius 2 is 2.00 bits per heavy atom. The van der Waals surface area contributed by atoms with Crippen molar-refractivity contribution in [1.82, 2.24) is 0 Å². The number of hydrogen-bond donors (Lipinski definition) is 1. The molecular weight excluding hydrogens is 268 g/mol. The molecule has 0 amide bonds. The maximum atomic E-state index is 9.77. The van der Waals surface area contributed by atoms with Crippen molar-refractivity contribution in [1.29, 1.82) is 0 Å². The fourth-order valence-corrected chi connectivity index (χ4v) is 3.25. The van der Waals surface area contributed by atoms with Crippen LogP contribution in [0.4, 0.5) is 0 Å². The summed E-state index contributed by atoms with van der Waals surface area (Å²) in [6.45, 7) is 0.695. The molecule has 3 rings (SSSR count). The van der Waals surface area contributed by atoms with Gasteiger partial charge in [0.15, 0.2) is 0 Å². The first-order chi connectivity index (χ1) is 9.83. The SMILES string of the molecule is OC1CCc2cc(OCCSc3ccccc3)ccc21. The van der Waals surface area contributed by atoms with Gasteiger partial charge in [-0.05, 0) is 48.2 Å². The molecule has 0 heterocycles. The highest BCUT2D eigenvalue weighted by atomic mass is 32.2. The lowest BCUT2D eigenvalue weighted by atomic mass is 10.1. The number of aryl methyl sites for hydroxylation is 1. The molecule has 2 aromatic carbocycles. The second kappa shape index (κ2) is 6.33. The van der Waals surface area contributed by atoms with Crippen LogP contribution in [0.2, 0.25) is 0 Å². The number of ether oxygens (including phenoxy) is 1. The standard InChI is InChI=1S/C17H18O2S/c18-17-9-6-13-12-14(7-8-16(13)17)19-10-11-20-15-4-2-1-3-5-15/h1-5,7-8,12,17-18H,6,9-11H2. The van der Waals surface area contributed by atoms with Crippen LogP contribution in [0.1, 0.15) is 23.7 Å². The van der Waals surface area contributed by atoms with E-state index in [0.29, 0.717) is 6.61 Å². The second-order valence-corrected chi connectivity index (χ2v) is 6.09. The van der Waals surface area contributed by atoms with Crippen LogP contribution in [-0.4, -0.2) is 17.5 Å². The number of aliphatic hydroxyl groups excluding tert-OH is 1. The molecule has 3 heteroatoms. The zero-order valence-corrected chi connectivity index (χ0v) is 12.1. The van der Waals surface area contributed by atoms with Gasteiger partial charge in [-0.25, -0.2) is 0 Å². The lowest BCUT2D eigenvalue weighted by Gasteiger charge is -2.09. The molecule has 0 fully saturated rings. The van der Waals surface area contributed by atoms with Crippen LogP contribution < -0.4 is 4.74 Å². The molecule has 0 radical (unpaired) electrons. The summed E-state index contributed by atoms with van der Waals surface area (Å²) in [5.74, 6) is 1.84. The van der Waals surface area contributed by atoms with Crippen molar-refractivity contribution in [3.63, 3.8) is 0 Å². The third-order valence-corrected chi connectivity index (χ3v) is 4.50. The molecule has 0 saturated carbocycles. The van der Waals surface area contributed by atoms with E-state index in [2.05, 4.69) is 30.3 Å². The first-order valence-corrected chi connectivity index (χ1v) is 7.93. The number of hydrogen-bond acceptors (Lipinski definition) is 3. The molecular formula is C17H18O2S. The van der Waals surface area contributed by atoms with Crippen LogP contribution in [0.5, 0.6) is 5.75 Å². The Morgan fingerprint density at radius 3 is 2.85 bits per heavy atom. The first kappa shape index (κ1) is 13.5. The van der Waals surface area contributed by atoms with Crippen molar-refractivity contribution in [2.24, 2.45) is 0 Å². The monoisotopic (exact) mass is 286 g/mol. The van der Waals surface area contributed by atoms with E-state index in [9.17, 15) is 5.11 Å². The zero-order valence-electron chi connectivity index (χ0n) is 11.3. The van der Waals surface area contributed by atoms with E-state index < -0.39 is 0 Å². The van der Waals surface area contributed by atoms with Crippen LogP contribution in [0.15, 0.2) is 53.4 Å². The molecule has 1 atom stereocenters. The lowest BCUT2D eigenvalue weighted by Crippen LogP contribution is -2.00. The average Bonchev–Trinajstić information content (AvgIpc) is 2.86. The van der Waals surface area contributed by atoms with Gasteiger partial charge in [-0.15, -0.1) is 11.8 Å². The van der Waals surface area contributed by atoms with E-state index in [1.165, 1.54) is 10.5 Å². The molecule has 0 bridgehead atoms. The summed E-state index contributed by atoms with van der Waals surface area (Å²) in [5, 5.41) is 9.77. The minimum absolute atomic E-state index is 0.285. The van der Waals surface area contributed by atoms with E-state index in [0.717, 1.165) is 29.9 Å². The van der Waals surface area contributed by atoms with Gasteiger partial charge in [0, 0.05) is 10.6 Å². The highest BCUT2D eigenvalue weighted by Gasteiger charge is 2.20. The summed E-state index contributed by atoms with van der Waals surface area (Å²) >= 11 is 1.80. The Morgan fingerprint density at radius 1 is 1.15 bits per heavy atom. The number of aliphatic hydroxyl groups is 1. The van der Waals surface area contributed by atoms with Crippen molar-refractivity contribution in [3.8, 4) is 5.75 Å². The number of rotatable bonds is 5. The molecule has 104 valence electrons. The van der Waals surface area contributed by atoms with Crippen LogP contribution in [0, 0.1) is 0 Å². The van der Waals surface area contributed by atoms with Gasteiger partial charge in [0.25, 0.3) is 0 Å². The Hall–Kier alpha value is -1.45. The smallest absolute Gasteiger partial charge is 0.119 e. The predicted molar refractivity (Wildman–Crippen MR) is 82.4 cm³/mol. The highest BCUT2D eigenvalue weighted by molar-refractivity contribution is 7.99. The van der Waals surface area contributed by atoms with Gasteiger partial charge in [0.1, 0.15) is 5.75 Å². The van der Waals surface area contributed by atoms with Gasteiger partial charge in [-0.3, -0.25) is 0 Å². The summed E-state index contributed by atoms with van der Waals surface area (Å²) in [6, 6.07) is 16.4. The summed E-state index contributed by atoms with van der Waals surface area (Å²) in [7, 11) is 0. The third-order valence-electron chi connectivity index (χ3n) is 3.52. The minimum Gasteiger partial charge on any atom is -0.493 e. The average molecular weight is 286 g/mol. The number of fused-ring (bicyclic) bond motifs is 1. The Bertz CT molecular complexity index is 568. The fraction of sp³-hybridized carbons (Fsp3) is 0.294. The predicted octanol–water partition coefficient (Wildman–Crippen LogP) is 3.84. The maximum Gasteiger partial charge on any atom is 0.119 e. The van der Waals surface area contributed by atoms with Crippen LogP contribution in [0.3, 0.4) is 0 Å². The molecule has 0 aromatic heterocycles. The lowest BCUT2D eigenvalue weighted by molar-refractivity contribution is 0.180. The van der Waals surface area contributed by atoms with Gasteiger partial charge in [-0.1, -0.05) is 24.3 Å². The first-order valence-electron chi connectivity index (χ1n) is 6.94. The second-order valence-electron chi connectivity index (χ2n) is 4.93. The van der Waals surface area contributed by atoms with E-state index in [4.69, 9.17) is 4.74 Å². The van der Waals surface area contributed by atoms with Crippen molar-refractivity contribution in [2.75, 3.05) is 12.4 Å². The van der Waals surface area contributed by atoms with E-state index in [1.54, 1.807) is 11.8 Å². The molecule has 1 N–H and O–H groups in total. The quantitative estimate of drug-likeness (QED) is 0.669. The largest absolute Gasteiger partial charge is 0.493 e. The molecule has 1 aliphatic carbocycles. The molecule has 2 aromatic rings. The van der Waals surface area contributed by atoms with Crippen molar-refractivity contribution in [3.05, 3.63) is 59.7 Å². The van der Waals surface area contributed by atoms with Crippen LogP contribution in [0.25, 0.3) is 0 Å². The molecule has 1 unspecified atom stereocenters. The van der Waals surface area contributed by atoms with Crippen LogP contribution in [-0.2, 0) is 6.42 Å². The Labute approximate surface area is 123 Å². The van der Waals surface area contributed by atoms with Gasteiger partial charge < -0.3 is 9.84 Å². The summed E-state index contributed by atoms with van der Waals surface area (Å²) in [4.78, 5) is 1.27. The molecule has 0 aliphatic heterocycles. The summed E-state index contributed by atoms with van der Waals surface area (Å²) in [6.07, 6.45) is 1.50. The summed E-state index contributed by atoms with van der Waals surface area (Å²) < 4.78 is 5.79. The fourth-order valence-electron chi connectivity index (χ4n) is 2.50. The van der Waals surface area contributed by atoms with E-state index in [1.807, 2.05) is 18.2 Å². The van der Waals surface area contributed by atoms with Crippen molar-refractivity contribution >= 4 is 11.8 Å². The van der Waals surface area contributed by atoms with E-state index >= 15 is 0 Å². The molecule has 0 saturated heterocycles. The molecule has 0 spiro atoms. The minimum atomic E-state index is -0.285. The van der Waals surface area contributed by atoms with Crippen molar-refractivity contribution < 1.29 is 9.84 Å². The number of benzene rings is 2. The van der Waals surface area contributed by atoms with Gasteiger partial charge in [-0.2, -0.15) is 0 Å². The topological polar surface area (TPSA) is 29.5 Å². The normalized spacial score (nSPS) is 16.9.